The van der Waals surface area contributed by atoms with Crippen LogP contribution in [0.25, 0.3) is 22.5 Å². The summed E-state index contributed by atoms with van der Waals surface area (Å²) in [6.45, 7) is 1.14. The van der Waals surface area contributed by atoms with Crippen LogP contribution in [0.15, 0.2) is 60.7 Å². The van der Waals surface area contributed by atoms with Crippen molar-refractivity contribution in [3.63, 3.8) is 0 Å². The molecule has 2 aliphatic rings. The number of aromatic nitrogens is 1. The van der Waals surface area contributed by atoms with E-state index in [1.165, 1.54) is 25.7 Å². The highest BCUT2D eigenvalue weighted by molar-refractivity contribution is 5.91. The van der Waals surface area contributed by atoms with Gasteiger partial charge in [-0.3, -0.25) is 4.79 Å². The van der Waals surface area contributed by atoms with E-state index < -0.39 is 0 Å². The molecule has 32 heavy (non-hydrogen) atoms. The van der Waals surface area contributed by atoms with Gasteiger partial charge in [-0.2, -0.15) is 0 Å². The van der Waals surface area contributed by atoms with Crippen LogP contribution in [0.4, 0.5) is 5.69 Å². The zero-order chi connectivity index (χ0) is 21.8. The monoisotopic (exact) mass is 428 g/mol. The van der Waals surface area contributed by atoms with Gasteiger partial charge < -0.3 is 14.8 Å². The van der Waals surface area contributed by atoms with E-state index in [4.69, 9.17) is 14.5 Å². The Morgan fingerprint density at radius 2 is 1.59 bits per heavy atom. The number of nitrogens with zero attached hydrogens (tertiary/aromatic N) is 1. The van der Waals surface area contributed by atoms with Gasteiger partial charge in [0.2, 0.25) is 5.91 Å². The number of hydrogen-bond acceptors (Lipinski definition) is 4. The number of ether oxygens (including phenoxy) is 2. The second-order valence-corrected chi connectivity index (χ2v) is 8.58. The van der Waals surface area contributed by atoms with Gasteiger partial charge in [0.1, 0.15) is 13.2 Å². The van der Waals surface area contributed by atoms with Gasteiger partial charge in [-0.15, -0.1) is 0 Å². The molecule has 5 heteroatoms. The quantitative estimate of drug-likeness (QED) is 0.516. The summed E-state index contributed by atoms with van der Waals surface area (Å²) in [7, 11) is 0. The molecule has 1 fully saturated rings. The van der Waals surface area contributed by atoms with Gasteiger partial charge in [-0.05, 0) is 54.8 Å². The molecule has 164 valence electrons. The Balaban J connectivity index is 1.30. The van der Waals surface area contributed by atoms with Crippen molar-refractivity contribution in [3.05, 3.63) is 60.7 Å². The lowest BCUT2D eigenvalue weighted by Gasteiger charge is -2.18. The molecule has 1 aliphatic carbocycles. The highest BCUT2D eigenvalue weighted by atomic mass is 16.6. The molecule has 3 aromatic rings. The minimum atomic E-state index is 0.0899. The fourth-order valence-electron chi connectivity index (χ4n) is 4.57. The first-order chi connectivity index (χ1) is 15.7. The molecule has 0 spiro atoms. The van der Waals surface area contributed by atoms with Crippen LogP contribution in [-0.2, 0) is 4.79 Å². The number of rotatable bonds is 6. The Morgan fingerprint density at radius 1 is 0.875 bits per heavy atom. The lowest BCUT2D eigenvalue weighted by atomic mass is 10.0. The van der Waals surface area contributed by atoms with Crippen LogP contribution in [0.2, 0.25) is 0 Å². The maximum atomic E-state index is 12.4. The molecule has 2 aromatic carbocycles. The molecule has 0 atom stereocenters. The topological polar surface area (TPSA) is 60.5 Å². The smallest absolute Gasteiger partial charge is 0.224 e. The lowest BCUT2D eigenvalue weighted by Crippen LogP contribution is -2.15. The van der Waals surface area contributed by atoms with E-state index in [0.29, 0.717) is 19.6 Å². The van der Waals surface area contributed by atoms with Crippen molar-refractivity contribution in [2.24, 2.45) is 5.92 Å². The van der Waals surface area contributed by atoms with E-state index in [-0.39, 0.29) is 5.91 Å². The molecule has 5 nitrogen and oxygen atoms in total. The van der Waals surface area contributed by atoms with Crippen molar-refractivity contribution in [1.82, 2.24) is 4.98 Å². The van der Waals surface area contributed by atoms with Crippen molar-refractivity contribution in [3.8, 4) is 34.0 Å². The van der Waals surface area contributed by atoms with Crippen LogP contribution in [-0.4, -0.2) is 24.1 Å². The van der Waals surface area contributed by atoms with Gasteiger partial charge >= 0.3 is 0 Å². The number of hydrogen-bond donors (Lipinski definition) is 1. The lowest BCUT2D eigenvalue weighted by molar-refractivity contribution is -0.116. The van der Waals surface area contributed by atoms with E-state index >= 15 is 0 Å². The summed E-state index contributed by atoms with van der Waals surface area (Å²) in [4.78, 5) is 17.3. The summed E-state index contributed by atoms with van der Waals surface area (Å²) in [5, 5.41) is 3.06. The van der Waals surface area contributed by atoms with Crippen molar-refractivity contribution in [1.29, 1.82) is 0 Å². The first-order valence-electron chi connectivity index (χ1n) is 11.5. The second-order valence-electron chi connectivity index (χ2n) is 8.58. The molecular formula is C27H28N2O3. The van der Waals surface area contributed by atoms with Gasteiger partial charge in [0.15, 0.2) is 11.5 Å². The molecule has 1 N–H and O–H groups in total. The minimum absolute atomic E-state index is 0.0899. The third-order valence-electron chi connectivity index (χ3n) is 6.28. The van der Waals surface area contributed by atoms with Crippen LogP contribution >= 0.6 is 0 Å². The van der Waals surface area contributed by atoms with E-state index in [1.54, 1.807) is 0 Å². The average molecular weight is 429 g/mol. The number of pyridine rings is 1. The third-order valence-corrected chi connectivity index (χ3v) is 6.28. The number of carbonyl (C=O) groups excluding carboxylic acids is 1. The standard InChI is InChI=1S/C27H28N2O3/c30-27(14-11-19-5-1-2-6-19)28-22-8-3-7-20(17-22)23-9-4-10-24(29-23)21-12-13-25-26(18-21)32-16-15-31-25/h3-4,7-10,12-13,17-19H,1-2,5-6,11,14-16H2,(H,28,30). The number of carbonyl (C=O) groups is 1. The Hall–Kier alpha value is -3.34. The number of benzene rings is 2. The van der Waals surface area contributed by atoms with Gasteiger partial charge in [0.25, 0.3) is 0 Å². The highest BCUT2D eigenvalue weighted by Crippen LogP contribution is 2.34. The van der Waals surface area contributed by atoms with Crippen LogP contribution in [0, 0.1) is 5.92 Å². The fourth-order valence-corrected chi connectivity index (χ4v) is 4.57. The molecule has 0 bridgehead atoms. The van der Waals surface area contributed by atoms with Gasteiger partial charge in [-0.1, -0.05) is 43.9 Å². The Labute approximate surface area is 188 Å². The Bertz CT molecular complexity index is 1110. The molecule has 1 saturated carbocycles. The SMILES string of the molecule is O=C(CCC1CCCC1)Nc1cccc(-c2cccc(-c3ccc4c(c3)OCCO4)n2)c1. The maximum absolute atomic E-state index is 12.4. The number of nitrogens with one attached hydrogen (secondary N) is 1. The molecule has 0 radical (unpaired) electrons. The van der Waals surface area contributed by atoms with Crippen LogP contribution < -0.4 is 14.8 Å². The van der Waals surface area contributed by atoms with Crippen LogP contribution in [0.1, 0.15) is 38.5 Å². The Morgan fingerprint density at radius 3 is 2.41 bits per heavy atom. The fraction of sp³-hybridized carbons (Fsp3) is 0.333. The van der Waals surface area contributed by atoms with Crippen molar-refractivity contribution in [2.45, 2.75) is 38.5 Å². The summed E-state index contributed by atoms with van der Waals surface area (Å²) in [5.41, 5.74) is 4.49. The molecular weight excluding hydrogens is 400 g/mol. The summed E-state index contributed by atoms with van der Waals surface area (Å²) < 4.78 is 11.3. The molecule has 0 saturated heterocycles. The van der Waals surface area contributed by atoms with Gasteiger partial charge in [0, 0.05) is 23.2 Å². The number of amides is 1. The second kappa shape index (κ2) is 9.43. The van der Waals surface area contributed by atoms with E-state index in [2.05, 4.69) is 5.32 Å². The summed E-state index contributed by atoms with van der Waals surface area (Å²) >= 11 is 0. The van der Waals surface area contributed by atoms with Crippen molar-refractivity contribution >= 4 is 11.6 Å². The minimum Gasteiger partial charge on any atom is -0.486 e. The molecule has 1 aromatic heterocycles. The first kappa shape index (κ1) is 20.6. The van der Waals surface area contributed by atoms with Gasteiger partial charge in [0.05, 0.1) is 11.4 Å². The summed E-state index contributed by atoms with van der Waals surface area (Å²) in [6.07, 6.45) is 6.75. The molecule has 1 aliphatic heterocycles. The van der Waals surface area contributed by atoms with Crippen LogP contribution in [0.5, 0.6) is 11.5 Å². The predicted molar refractivity (Wildman–Crippen MR) is 126 cm³/mol. The maximum Gasteiger partial charge on any atom is 0.224 e. The molecule has 2 heterocycles. The van der Waals surface area contributed by atoms with Crippen LogP contribution in [0.3, 0.4) is 0 Å². The van der Waals surface area contributed by atoms with Crippen molar-refractivity contribution in [2.75, 3.05) is 18.5 Å². The largest absolute Gasteiger partial charge is 0.486 e. The molecule has 5 rings (SSSR count). The first-order valence-corrected chi connectivity index (χ1v) is 11.5. The molecule has 1 amide bonds. The van der Waals surface area contributed by atoms with Gasteiger partial charge in [-0.25, -0.2) is 4.98 Å². The van der Waals surface area contributed by atoms with E-state index in [1.807, 2.05) is 60.7 Å². The van der Waals surface area contributed by atoms with Crippen molar-refractivity contribution < 1.29 is 14.3 Å². The summed E-state index contributed by atoms with van der Waals surface area (Å²) in [5.74, 6) is 2.34. The number of fused-ring (bicyclic) bond motifs is 1. The third kappa shape index (κ3) is 4.77. The van der Waals surface area contributed by atoms with E-state index in [9.17, 15) is 4.79 Å². The highest BCUT2D eigenvalue weighted by Gasteiger charge is 2.16. The van der Waals surface area contributed by atoms with E-state index in [0.717, 1.165) is 52.0 Å². The predicted octanol–water partition coefficient (Wildman–Crippen LogP) is 6.10. The number of anilines is 1. The normalized spacial score (nSPS) is 15.5. The average Bonchev–Trinajstić information content (AvgIpc) is 3.37. The summed E-state index contributed by atoms with van der Waals surface area (Å²) in [6, 6.07) is 19.8. The zero-order valence-corrected chi connectivity index (χ0v) is 18.2. The zero-order valence-electron chi connectivity index (χ0n) is 18.2. The Kier molecular flexibility index (Phi) is 6.06. The molecule has 0 unspecified atom stereocenters.